The van der Waals surface area contributed by atoms with Gasteiger partial charge in [-0.3, -0.25) is 0 Å². The van der Waals surface area contributed by atoms with E-state index >= 15 is 0 Å². The van der Waals surface area contributed by atoms with Crippen LogP contribution in [0, 0.1) is 0 Å². The van der Waals surface area contributed by atoms with Crippen LogP contribution in [0.3, 0.4) is 0 Å². The predicted molar refractivity (Wildman–Crippen MR) is 35.6 cm³/mol. The standard InChI is InChI=1S/C7H13N/c1-2-3-4-6-5-7(6)8/h4,7H,2-3,5,8H2,1H3/b6-4+. The van der Waals surface area contributed by atoms with Crippen LogP contribution >= 0.6 is 0 Å². The molecular weight excluding hydrogens is 98.1 g/mol. The van der Waals surface area contributed by atoms with Gasteiger partial charge < -0.3 is 5.73 Å². The normalized spacial score (nSPS) is 31.2. The lowest BCUT2D eigenvalue weighted by Gasteiger charge is -1.79. The first-order chi connectivity index (χ1) is 3.84. The van der Waals surface area contributed by atoms with Crippen LogP contribution in [0.25, 0.3) is 0 Å². The van der Waals surface area contributed by atoms with Crippen LogP contribution in [-0.2, 0) is 0 Å². The minimum absolute atomic E-state index is 0.432. The van der Waals surface area contributed by atoms with Crippen molar-refractivity contribution in [1.29, 1.82) is 0 Å². The molecule has 1 unspecified atom stereocenters. The molecule has 0 amide bonds. The summed E-state index contributed by atoms with van der Waals surface area (Å²) < 4.78 is 0. The molecule has 1 heteroatoms. The molecule has 8 heavy (non-hydrogen) atoms. The van der Waals surface area contributed by atoms with Crippen LogP contribution in [0.5, 0.6) is 0 Å². The summed E-state index contributed by atoms with van der Waals surface area (Å²) in [5, 5.41) is 0. The molecule has 0 aromatic heterocycles. The lowest BCUT2D eigenvalue weighted by Crippen LogP contribution is -1.96. The van der Waals surface area contributed by atoms with Crippen molar-refractivity contribution in [3.05, 3.63) is 11.6 Å². The Labute approximate surface area is 50.6 Å². The van der Waals surface area contributed by atoms with Crippen molar-refractivity contribution in [3.8, 4) is 0 Å². The second-order valence-electron chi connectivity index (χ2n) is 2.38. The summed E-state index contributed by atoms with van der Waals surface area (Å²) in [6.07, 6.45) is 5.88. The van der Waals surface area contributed by atoms with Gasteiger partial charge >= 0.3 is 0 Å². The Balaban J connectivity index is 2.16. The average molecular weight is 111 g/mol. The van der Waals surface area contributed by atoms with Gasteiger partial charge in [0.15, 0.2) is 0 Å². The van der Waals surface area contributed by atoms with Gasteiger partial charge in [0.25, 0.3) is 0 Å². The third-order valence-corrected chi connectivity index (χ3v) is 1.47. The highest BCUT2D eigenvalue weighted by molar-refractivity contribution is 5.27. The van der Waals surface area contributed by atoms with Crippen molar-refractivity contribution in [3.63, 3.8) is 0 Å². The molecule has 0 aromatic carbocycles. The van der Waals surface area contributed by atoms with Gasteiger partial charge in [0.1, 0.15) is 0 Å². The Bertz CT molecular complexity index is 105. The zero-order valence-corrected chi connectivity index (χ0v) is 5.35. The molecule has 1 saturated carbocycles. The second-order valence-corrected chi connectivity index (χ2v) is 2.38. The first kappa shape index (κ1) is 5.83. The van der Waals surface area contributed by atoms with Gasteiger partial charge in [-0.05, 0) is 12.8 Å². The molecule has 0 saturated heterocycles. The molecular formula is C7H13N. The fourth-order valence-electron chi connectivity index (χ4n) is 0.759. The van der Waals surface area contributed by atoms with Crippen LogP contribution < -0.4 is 5.73 Å². The summed E-state index contributed by atoms with van der Waals surface area (Å²) >= 11 is 0. The van der Waals surface area contributed by atoms with E-state index in [2.05, 4.69) is 13.0 Å². The van der Waals surface area contributed by atoms with E-state index in [1.165, 1.54) is 18.4 Å². The number of hydrogen-bond acceptors (Lipinski definition) is 1. The van der Waals surface area contributed by atoms with E-state index in [0.29, 0.717) is 6.04 Å². The first-order valence-electron chi connectivity index (χ1n) is 3.29. The maximum Gasteiger partial charge on any atom is 0.0292 e. The molecule has 2 N–H and O–H groups in total. The number of nitrogens with two attached hydrogens (primary N) is 1. The fraction of sp³-hybridized carbons (Fsp3) is 0.714. The molecule has 0 aromatic rings. The van der Waals surface area contributed by atoms with E-state index in [4.69, 9.17) is 5.73 Å². The van der Waals surface area contributed by atoms with E-state index in [1.54, 1.807) is 0 Å². The van der Waals surface area contributed by atoms with E-state index in [1.807, 2.05) is 0 Å². The molecule has 0 aliphatic heterocycles. The number of hydrogen-bond donors (Lipinski definition) is 1. The monoisotopic (exact) mass is 111 g/mol. The molecule has 1 atom stereocenters. The maximum absolute atomic E-state index is 5.54. The molecule has 0 heterocycles. The summed E-state index contributed by atoms with van der Waals surface area (Å²) in [5.41, 5.74) is 7.00. The summed E-state index contributed by atoms with van der Waals surface area (Å²) in [5.74, 6) is 0. The van der Waals surface area contributed by atoms with Crippen LogP contribution in [0.4, 0.5) is 0 Å². The lowest BCUT2D eigenvalue weighted by atomic mass is 10.3. The van der Waals surface area contributed by atoms with E-state index in [9.17, 15) is 0 Å². The van der Waals surface area contributed by atoms with Crippen LogP contribution in [0.1, 0.15) is 26.2 Å². The van der Waals surface area contributed by atoms with Crippen molar-refractivity contribution >= 4 is 0 Å². The van der Waals surface area contributed by atoms with Gasteiger partial charge in [-0.2, -0.15) is 0 Å². The van der Waals surface area contributed by atoms with E-state index in [-0.39, 0.29) is 0 Å². The van der Waals surface area contributed by atoms with Crippen LogP contribution in [-0.4, -0.2) is 6.04 Å². The molecule has 1 fully saturated rings. The number of rotatable bonds is 2. The molecule has 0 radical (unpaired) electrons. The van der Waals surface area contributed by atoms with Gasteiger partial charge in [0.2, 0.25) is 0 Å². The zero-order valence-electron chi connectivity index (χ0n) is 5.35. The molecule has 0 bridgehead atoms. The van der Waals surface area contributed by atoms with Crippen molar-refractivity contribution in [2.24, 2.45) is 5.73 Å². The largest absolute Gasteiger partial charge is 0.324 e. The molecule has 1 rings (SSSR count). The first-order valence-corrected chi connectivity index (χ1v) is 3.29. The number of allylic oxidation sites excluding steroid dienone is 1. The van der Waals surface area contributed by atoms with Gasteiger partial charge in [0, 0.05) is 6.04 Å². The lowest BCUT2D eigenvalue weighted by molar-refractivity contribution is 0.953. The van der Waals surface area contributed by atoms with Gasteiger partial charge in [-0.25, -0.2) is 0 Å². The summed E-state index contributed by atoms with van der Waals surface area (Å²) in [4.78, 5) is 0. The summed E-state index contributed by atoms with van der Waals surface area (Å²) in [6.45, 7) is 2.19. The van der Waals surface area contributed by atoms with E-state index < -0.39 is 0 Å². The van der Waals surface area contributed by atoms with Gasteiger partial charge in [-0.1, -0.05) is 25.0 Å². The molecule has 1 nitrogen and oxygen atoms in total. The highest BCUT2D eigenvalue weighted by Gasteiger charge is 2.23. The van der Waals surface area contributed by atoms with Crippen molar-refractivity contribution < 1.29 is 0 Å². The highest BCUT2D eigenvalue weighted by atomic mass is 14.7. The third-order valence-electron chi connectivity index (χ3n) is 1.47. The topological polar surface area (TPSA) is 26.0 Å². The Morgan fingerprint density at radius 3 is 2.88 bits per heavy atom. The van der Waals surface area contributed by atoms with Gasteiger partial charge in [0.05, 0.1) is 0 Å². The van der Waals surface area contributed by atoms with E-state index in [0.717, 1.165) is 6.42 Å². The minimum atomic E-state index is 0.432. The summed E-state index contributed by atoms with van der Waals surface area (Å²) in [7, 11) is 0. The molecule has 1 aliphatic carbocycles. The Kier molecular flexibility index (Phi) is 1.69. The average Bonchev–Trinajstić information content (AvgIpc) is 2.42. The molecule has 1 aliphatic rings. The molecule has 0 spiro atoms. The van der Waals surface area contributed by atoms with Crippen molar-refractivity contribution in [2.75, 3.05) is 0 Å². The Morgan fingerprint density at radius 2 is 2.50 bits per heavy atom. The summed E-state index contributed by atoms with van der Waals surface area (Å²) in [6, 6.07) is 0.432. The van der Waals surface area contributed by atoms with Crippen molar-refractivity contribution in [2.45, 2.75) is 32.2 Å². The maximum atomic E-state index is 5.54. The second kappa shape index (κ2) is 2.31. The Hall–Kier alpha value is -0.300. The SMILES string of the molecule is CCC/C=C1\CC1N. The van der Waals surface area contributed by atoms with Gasteiger partial charge in [-0.15, -0.1) is 0 Å². The number of unbranched alkanes of at least 4 members (excludes halogenated alkanes) is 1. The van der Waals surface area contributed by atoms with Crippen LogP contribution in [0.2, 0.25) is 0 Å². The zero-order chi connectivity index (χ0) is 5.98. The third kappa shape index (κ3) is 1.34. The highest BCUT2D eigenvalue weighted by Crippen LogP contribution is 2.26. The smallest absolute Gasteiger partial charge is 0.0292 e. The minimum Gasteiger partial charge on any atom is -0.324 e. The predicted octanol–water partition coefficient (Wildman–Crippen LogP) is 1.44. The quantitative estimate of drug-likeness (QED) is 0.536. The fourth-order valence-corrected chi connectivity index (χ4v) is 0.759. The Morgan fingerprint density at radius 1 is 1.88 bits per heavy atom. The van der Waals surface area contributed by atoms with Crippen LogP contribution in [0.15, 0.2) is 11.6 Å². The molecule has 46 valence electrons. The van der Waals surface area contributed by atoms with Crippen molar-refractivity contribution in [1.82, 2.24) is 0 Å².